The van der Waals surface area contributed by atoms with Crippen LogP contribution < -0.4 is 5.32 Å². The van der Waals surface area contributed by atoms with Crippen molar-refractivity contribution < 1.29 is 14.3 Å². The van der Waals surface area contributed by atoms with Crippen molar-refractivity contribution in [3.05, 3.63) is 59.5 Å². The number of hydrogen-bond acceptors (Lipinski definition) is 7. The summed E-state index contributed by atoms with van der Waals surface area (Å²) < 4.78 is 4.63. The van der Waals surface area contributed by atoms with Crippen LogP contribution in [0.3, 0.4) is 0 Å². The largest absolute Gasteiger partial charge is 0.465 e. The normalized spacial score (nSPS) is 10.3. The number of esters is 1. The number of nitrogens with zero attached hydrogens (tertiary/aromatic N) is 2. The van der Waals surface area contributed by atoms with Crippen LogP contribution in [0.1, 0.15) is 10.4 Å². The summed E-state index contributed by atoms with van der Waals surface area (Å²) in [5.41, 5.74) is 1.86. The van der Waals surface area contributed by atoms with Gasteiger partial charge in [0.25, 0.3) is 0 Å². The lowest BCUT2D eigenvalue weighted by atomic mass is 10.2. The van der Waals surface area contributed by atoms with Gasteiger partial charge in [-0.25, -0.2) is 4.79 Å². The fraction of sp³-hybridized carbons (Fsp3) is 0.111. The first-order valence-corrected chi connectivity index (χ1v) is 9.51. The van der Waals surface area contributed by atoms with Gasteiger partial charge in [0, 0.05) is 5.69 Å². The van der Waals surface area contributed by atoms with Gasteiger partial charge >= 0.3 is 5.97 Å². The van der Waals surface area contributed by atoms with Crippen LogP contribution in [0.5, 0.6) is 0 Å². The number of carbonyl (C=O) groups is 2. The molecular formula is C18H15N3O3S2. The minimum Gasteiger partial charge on any atom is -0.465 e. The second-order valence-corrected chi connectivity index (χ2v) is 7.08. The molecule has 3 aromatic rings. The number of thiophene rings is 1. The lowest BCUT2D eigenvalue weighted by Crippen LogP contribution is -2.14. The lowest BCUT2D eigenvalue weighted by Gasteiger charge is -2.06. The molecule has 0 aliphatic carbocycles. The molecule has 1 aromatic carbocycles. The van der Waals surface area contributed by atoms with Crippen LogP contribution in [0.15, 0.2) is 58.9 Å². The maximum absolute atomic E-state index is 12.0. The van der Waals surface area contributed by atoms with E-state index in [4.69, 9.17) is 0 Å². The van der Waals surface area contributed by atoms with Crippen molar-refractivity contribution in [3.63, 3.8) is 0 Å². The van der Waals surface area contributed by atoms with E-state index in [9.17, 15) is 9.59 Å². The van der Waals surface area contributed by atoms with Crippen molar-refractivity contribution in [2.24, 2.45) is 0 Å². The zero-order chi connectivity index (χ0) is 18.4. The Labute approximate surface area is 158 Å². The number of benzene rings is 1. The Balaban J connectivity index is 1.51. The smallest absolute Gasteiger partial charge is 0.337 e. The van der Waals surface area contributed by atoms with Crippen LogP contribution in [0.2, 0.25) is 0 Å². The Morgan fingerprint density at radius 1 is 1.12 bits per heavy atom. The van der Waals surface area contributed by atoms with E-state index < -0.39 is 5.97 Å². The molecule has 8 heteroatoms. The van der Waals surface area contributed by atoms with Gasteiger partial charge in [-0.3, -0.25) is 4.79 Å². The zero-order valence-corrected chi connectivity index (χ0v) is 15.5. The lowest BCUT2D eigenvalue weighted by molar-refractivity contribution is -0.113. The fourth-order valence-electron chi connectivity index (χ4n) is 2.10. The molecule has 0 fully saturated rings. The van der Waals surface area contributed by atoms with Gasteiger partial charge in [-0.2, -0.15) is 0 Å². The number of amides is 1. The molecule has 0 saturated carbocycles. The summed E-state index contributed by atoms with van der Waals surface area (Å²) in [4.78, 5) is 24.5. The highest BCUT2D eigenvalue weighted by molar-refractivity contribution is 7.99. The molecule has 26 heavy (non-hydrogen) atoms. The van der Waals surface area contributed by atoms with Crippen molar-refractivity contribution in [2.45, 2.75) is 5.03 Å². The number of ether oxygens (including phenoxy) is 1. The van der Waals surface area contributed by atoms with E-state index in [-0.39, 0.29) is 11.7 Å². The average molecular weight is 385 g/mol. The van der Waals surface area contributed by atoms with Gasteiger partial charge < -0.3 is 10.1 Å². The number of methoxy groups -OCH3 is 1. The minimum absolute atomic E-state index is 0.162. The highest BCUT2D eigenvalue weighted by Crippen LogP contribution is 2.23. The summed E-state index contributed by atoms with van der Waals surface area (Å²) in [5.74, 6) is -0.362. The monoisotopic (exact) mass is 385 g/mol. The van der Waals surface area contributed by atoms with E-state index in [0.29, 0.717) is 16.3 Å². The Hall–Kier alpha value is -2.71. The van der Waals surface area contributed by atoms with E-state index in [0.717, 1.165) is 10.6 Å². The highest BCUT2D eigenvalue weighted by atomic mass is 32.2. The summed E-state index contributed by atoms with van der Waals surface area (Å²) in [7, 11) is 1.32. The zero-order valence-electron chi connectivity index (χ0n) is 13.8. The Bertz CT molecular complexity index is 879. The molecule has 2 aromatic heterocycles. The van der Waals surface area contributed by atoms with E-state index in [1.54, 1.807) is 35.6 Å². The van der Waals surface area contributed by atoms with Gasteiger partial charge in [0.15, 0.2) is 0 Å². The molecule has 1 N–H and O–H groups in total. The summed E-state index contributed by atoms with van der Waals surface area (Å²) in [6.07, 6.45) is 0. The molecule has 132 valence electrons. The number of hydrogen-bond donors (Lipinski definition) is 1. The van der Waals surface area contributed by atoms with Crippen LogP contribution in [0.4, 0.5) is 5.69 Å². The van der Waals surface area contributed by atoms with Crippen molar-refractivity contribution in [2.75, 3.05) is 18.2 Å². The van der Waals surface area contributed by atoms with Gasteiger partial charge in [0.1, 0.15) is 10.7 Å². The van der Waals surface area contributed by atoms with Gasteiger partial charge in [-0.15, -0.1) is 21.5 Å². The van der Waals surface area contributed by atoms with Crippen molar-refractivity contribution in [3.8, 4) is 10.6 Å². The van der Waals surface area contributed by atoms with Gasteiger partial charge in [0.2, 0.25) is 5.91 Å². The Morgan fingerprint density at radius 2 is 1.92 bits per heavy atom. The maximum Gasteiger partial charge on any atom is 0.337 e. The molecule has 2 heterocycles. The van der Waals surface area contributed by atoms with E-state index in [1.807, 2.05) is 29.6 Å². The van der Waals surface area contributed by atoms with Gasteiger partial charge in [-0.1, -0.05) is 17.8 Å². The molecule has 0 spiro atoms. The number of rotatable bonds is 6. The van der Waals surface area contributed by atoms with Crippen LogP contribution in [-0.2, 0) is 9.53 Å². The number of nitrogens with one attached hydrogen (secondary N) is 1. The number of carbonyl (C=O) groups excluding carboxylic acids is 2. The second kappa shape index (κ2) is 8.59. The number of aromatic nitrogens is 2. The highest BCUT2D eigenvalue weighted by Gasteiger charge is 2.08. The summed E-state index contributed by atoms with van der Waals surface area (Å²) >= 11 is 2.91. The molecule has 6 nitrogen and oxygen atoms in total. The SMILES string of the molecule is COC(=O)c1ccc(NC(=O)CSc2ccc(-c3cccs3)nn2)cc1. The second-order valence-electron chi connectivity index (χ2n) is 5.14. The predicted octanol–water partition coefficient (Wildman–Crippen LogP) is 3.72. The fourth-order valence-corrected chi connectivity index (χ4v) is 3.40. The summed E-state index contributed by atoms with van der Waals surface area (Å²) in [5, 5.41) is 13.8. The Morgan fingerprint density at radius 3 is 2.54 bits per heavy atom. The first-order chi connectivity index (χ1) is 12.7. The van der Waals surface area contributed by atoms with Crippen LogP contribution >= 0.6 is 23.1 Å². The van der Waals surface area contributed by atoms with Crippen molar-refractivity contribution in [1.82, 2.24) is 10.2 Å². The van der Waals surface area contributed by atoms with Crippen molar-refractivity contribution >= 4 is 40.7 Å². The van der Waals surface area contributed by atoms with Crippen molar-refractivity contribution in [1.29, 1.82) is 0 Å². The molecule has 3 rings (SSSR count). The first kappa shape index (κ1) is 18.1. The maximum atomic E-state index is 12.0. The topological polar surface area (TPSA) is 81.2 Å². The third kappa shape index (κ3) is 4.68. The van der Waals surface area contributed by atoms with Crippen LogP contribution in [0, 0.1) is 0 Å². The molecule has 0 radical (unpaired) electrons. The summed E-state index contributed by atoms with van der Waals surface area (Å²) in [6, 6.07) is 14.2. The quantitative estimate of drug-likeness (QED) is 0.514. The summed E-state index contributed by atoms with van der Waals surface area (Å²) in [6.45, 7) is 0. The standard InChI is InChI=1S/C18H15N3O3S2/c1-24-18(23)12-4-6-13(7-5-12)19-16(22)11-26-17-9-8-14(20-21-17)15-3-2-10-25-15/h2-10H,11H2,1H3,(H,19,22). The Kier molecular flexibility index (Phi) is 5.98. The number of thioether (sulfide) groups is 1. The van der Waals surface area contributed by atoms with E-state index in [1.165, 1.54) is 18.9 Å². The molecule has 1 amide bonds. The molecular weight excluding hydrogens is 370 g/mol. The van der Waals surface area contributed by atoms with Gasteiger partial charge in [0.05, 0.1) is 23.3 Å². The third-order valence-corrected chi connectivity index (χ3v) is 5.17. The predicted molar refractivity (Wildman–Crippen MR) is 102 cm³/mol. The first-order valence-electron chi connectivity index (χ1n) is 7.64. The third-order valence-electron chi connectivity index (χ3n) is 3.35. The molecule has 0 atom stereocenters. The van der Waals surface area contributed by atoms with Gasteiger partial charge in [-0.05, 0) is 47.8 Å². The molecule has 0 bridgehead atoms. The van der Waals surface area contributed by atoms with E-state index >= 15 is 0 Å². The van der Waals surface area contributed by atoms with Crippen LogP contribution in [0.25, 0.3) is 10.6 Å². The molecule has 0 saturated heterocycles. The molecule has 0 aliphatic heterocycles. The molecule has 0 unspecified atom stereocenters. The van der Waals surface area contributed by atoms with E-state index in [2.05, 4.69) is 20.3 Å². The molecule has 0 aliphatic rings. The minimum atomic E-state index is -0.414. The van der Waals surface area contributed by atoms with Crippen LogP contribution in [-0.4, -0.2) is 34.9 Å². The number of anilines is 1. The average Bonchev–Trinajstić information content (AvgIpc) is 3.21.